The molecule has 0 fully saturated rings. The Hall–Kier alpha value is -1.56. The molecule has 0 saturated heterocycles. The standard InChI is InChI=1S/C9H10N2O3S/c1-10-7-5-3-4-6-8(7)15(13,14)11(2)9(6)12/h3-5,10H,1-2H3. The molecule has 15 heavy (non-hydrogen) atoms. The van der Waals surface area contributed by atoms with E-state index in [0.717, 1.165) is 4.31 Å². The van der Waals surface area contributed by atoms with Crippen molar-refractivity contribution in [1.29, 1.82) is 0 Å². The molecule has 0 aromatic heterocycles. The van der Waals surface area contributed by atoms with Gasteiger partial charge in [0.05, 0.1) is 11.3 Å². The molecule has 0 atom stereocenters. The lowest BCUT2D eigenvalue weighted by Crippen LogP contribution is -2.25. The zero-order valence-corrected chi connectivity index (χ0v) is 9.13. The van der Waals surface area contributed by atoms with E-state index in [2.05, 4.69) is 5.32 Å². The summed E-state index contributed by atoms with van der Waals surface area (Å²) in [6.07, 6.45) is 0. The Labute approximate surface area is 87.8 Å². The smallest absolute Gasteiger partial charge is 0.269 e. The lowest BCUT2D eigenvalue weighted by Gasteiger charge is -2.08. The third kappa shape index (κ3) is 1.14. The summed E-state index contributed by atoms with van der Waals surface area (Å²) in [5.74, 6) is -0.484. The molecule has 1 amide bonds. The highest BCUT2D eigenvalue weighted by molar-refractivity contribution is 7.90. The zero-order valence-electron chi connectivity index (χ0n) is 8.31. The van der Waals surface area contributed by atoms with Crippen LogP contribution in [0, 0.1) is 0 Å². The Kier molecular flexibility index (Phi) is 1.97. The Morgan fingerprint density at radius 1 is 1.33 bits per heavy atom. The van der Waals surface area contributed by atoms with Crippen molar-refractivity contribution in [3.63, 3.8) is 0 Å². The molecule has 0 spiro atoms. The molecule has 6 heteroatoms. The predicted molar refractivity (Wildman–Crippen MR) is 55.3 cm³/mol. The van der Waals surface area contributed by atoms with Crippen LogP contribution in [-0.2, 0) is 10.0 Å². The van der Waals surface area contributed by atoms with Gasteiger partial charge in [-0.3, -0.25) is 4.79 Å². The van der Waals surface area contributed by atoms with Crippen LogP contribution in [0.25, 0.3) is 0 Å². The average Bonchev–Trinajstić information content (AvgIpc) is 2.41. The molecule has 1 aliphatic rings. The second-order valence-electron chi connectivity index (χ2n) is 3.21. The number of nitrogens with zero attached hydrogens (tertiary/aromatic N) is 1. The minimum atomic E-state index is -3.65. The average molecular weight is 226 g/mol. The van der Waals surface area contributed by atoms with E-state index in [4.69, 9.17) is 0 Å². The van der Waals surface area contributed by atoms with Crippen LogP contribution in [0.15, 0.2) is 23.1 Å². The summed E-state index contributed by atoms with van der Waals surface area (Å²) in [6, 6.07) is 4.79. The highest BCUT2D eigenvalue weighted by Crippen LogP contribution is 2.34. The summed E-state index contributed by atoms with van der Waals surface area (Å²) >= 11 is 0. The summed E-state index contributed by atoms with van der Waals surface area (Å²) < 4.78 is 24.4. The van der Waals surface area contributed by atoms with Gasteiger partial charge in [-0.25, -0.2) is 12.7 Å². The number of hydrogen-bond donors (Lipinski definition) is 1. The Morgan fingerprint density at radius 3 is 2.60 bits per heavy atom. The summed E-state index contributed by atoms with van der Waals surface area (Å²) in [5.41, 5.74) is 0.676. The Morgan fingerprint density at radius 2 is 2.00 bits per heavy atom. The molecular weight excluding hydrogens is 216 g/mol. The number of anilines is 1. The zero-order chi connectivity index (χ0) is 11.2. The van der Waals surface area contributed by atoms with Gasteiger partial charge in [-0.1, -0.05) is 6.07 Å². The lowest BCUT2D eigenvalue weighted by molar-refractivity contribution is 0.0891. The first-order valence-corrected chi connectivity index (χ1v) is 5.78. The molecular formula is C9H10N2O3S. The first-order chi connectivity index (χ1) is 7.00. The van der Waals surface area contributed by atoms with E-state index < -0.39 is 15.9 Å². The van der Waals surface area contributed by atoms with Crippen LogP contribution in [0.5, 0.6) is 0 Å². The monoisotopic (exact) mass is 226 g/mol. The largest absolute Gasteiger partial charge is 0.387 e. The number of rotatable bonds is 1. The molecule has 0 aliphatic carbocycles. The van der Waals surface area contributed by atoms with Gasteiger partial charge in [0.15, 0.2) is 0 Å². The number of carbonyl (C=O) groups excluding carboxylic acids is 1. The maximum Gasteiger partial charge on any atom is 0.269 e. The lowest BCUT2D eigenvalue weighted by atomic mass is 10.2. The van der Waals surface area contributed by atoms with Crippen molar-refractivity contribution in [3.8, 4) is 0 Å². The van der Waals surface area contributed by atoms with Gasteiger partial charge in [-0.05, 0) is 12.1 Å². The van der Waals surface area contributed by atoms with Gasteiger partial charge < -0.3 is 5.32 Å². The van der Waals surface area contributed by atoms with Gasteiger partial charge in [0.25, 0.3) is 15.9 Å². The van der Waals surface area contributed by atoms with Crippen LogP contribution < -0.4 is 5.32 Å². The van der Waals surface area contributed by atoms with E-state index in [1.807, 2.05) is 0 Å². The highest BCUT2D eigenvalue weighted by atomic mass is 32.2. The van der Waals surface area contributed by atoms with Crippen LogP contribution in [-0.4, -0.2) is 32.7 Å². The highest BCUT2D eigenvalue weighted by Gasteiger charge is 2.40. The molecule has 5 nitrogen and oxygen atoms in total. The van der Waals surface area contributed by atoms with Gasteiger partial charge in [0.2, 0.25) is 0 Å². The topological polar surface area (TPSA) is 66.5 Å². The third-order valence-corrected chi connectivity index (χ3v) is 4.26. The number of amides is 1. The van der Waals surface area contributed by atoms with Gasteiger partial charge >= 0.3 is 0 Å². The normalized spacial score (nSPS) is 17.7. The van der Waals surface area contributed by atoms with Gasteiger partial charge in [-0.15, -0.1) is 0 Å². The molecule has 1 heterocycles. The first-order valence-electron chi connectivity index (χ1n) is 4.34. The second-order valence-corrected chi connectivity index (χ2v) is 5.12. The summed E-state index contributed by atoms with van der Waals surface area (Å²) in [6.45, 7) is 0. The van der Waals surface area contributed by atoms with Crippen molar-refractivity contribution in [2.75, 3.05) is 19.4 Å². The number of carbonyl (C=O) groups is 1. The fourth-order valence-electron chi connectivity index (χ4n) is 1.60. The van der Waals surface area contributed by atoms with E-state index >= 15 is 0 Å². The number of fused-ring (bicyclic) bond motifs is 1. The minimum Gasteiger partial charge on any atom is -0.387 e. The van der Waals surface area contributed by atoms with Gasteiger partial charge in [0.1, 0.15) is 4.90 Å². The summed E-state index contributed by atoms with van der Waals surface area (Å²) in [4.78, 5) is 11.7. The second kappa shape index (κ2) is 2.96. The van der Waals surface area contributed by atoms with Crippen LogP contribution >= 0.6 is 0 Å². The fourth-order valence-corrected chi connectivity index (χ4v) is 3.07. The van der Waals surface area contributed by atoms with Crippen molar-refractivity contribution in [2.45, 2.75) is 4.90 Å². The molecule has 0 unspecified atom stereocenters. The molecule has 1 aliphatic heterocycles. The fraction of sp³-hybridized carbons (Fsp3) is 0.222. The van der Waals surface area contributed by atoms with Crippen molar-refractivity contribution >= 4 is 21.6 Å². The van der Waals surface area contributed by atoms with Crippen molar-refractivity contribution < 1.29 is 13.2 Å². The van der Waals surface area contributed by atoms with Crippen LogP contribution in [0.4, 0.5) is 5.69 Å². The molecule has 0 bridgehead atoms. The Balaban J connectivity index is 2.84. The summed E-state index contributed by atoms with van der Waals surface area (Å²) in [7, 11) is -0.775. The quantitative estimate of drug-likeness (QED) is 0.757. The Bertz CT molecular complexity index is 536. The third-order valence-electron chi connectivity index (χ3n) is 2.42. The molecule has 0 saturated carbocycles. The van der Waals surface area contributed by atoms with Crippen molar-refractivity contribution in [1.82, 2.24) is 4.31 Å². The van der Waals surface area contributed by atoms with E-state index in [1.54, 1.807) is 19.2 Å². The molecule has 1 N–H and O–H groups in total. The maximum absolute atomic E-state index is 11.8. The van der Waals surface area contributed by atoms with Crippen molar-refractivity contribution in [2.24, 2.45) is 0 Å². The predicted octanol–water partition coefficient (Wildman–Crippen LogP) is 0.503. The van der Waals surface area contributed by atoms with Gasteiger partial charge in [-0.2, -0.15) is 0 Å². The molecule has 80 valence electrons. The van der Waals surface area contributed by atoms with Gasteiger partial charge in [0, 0.05) is 14.1 Å². The number of sulfonamides is 1. The van der Waals surface area contributed by atoms with Crippen LogP contribution in [0.2, 0.25) is 0 Å². The van der Waals surface area contributed by atoms with E-state index in [0.29, 0.717) is 5.69 Å². The number of nitrogens with one attached hydrogen (secondary N) is 1. The first kappa shape index (κ1) is 9.97. The maximum atomic E-state index is 11.8. The SMILES string of the molecule is CNc1cccc2c1S(=O)(=O)N(C)C2=O. The minimum absolute atomic E-state index is 0.0694. The van der Waals surface area contributed by atoms with Crippen LogP contribution in [0.1, 0.15) is 10.4 Å². The van der Waals surface area contributed by atoms with Crippen molar-refractivity contribution in [3.05, 3.63) is 23.8 Å². The van der Waals surface area contributed by atoms with E-state index in [1.165, 1.54) is 13.1 Å². The molecule has 0 radical (unpaired) electrons. The number of benzene rings is 1. The summed E-state index contributed by atoms with van der Waals surface area (Å²) in [5, 5.41) is 2.77. The van der Waals surface area contributed by atoms with E-state index in [9.17, 15) is 13.2 Å². The van der Waals surface area contributed by atoms with E-state index in [-0.39, 0.29) is 10.5 Å². The molecule has 1 aromatic carbocycles. The molecule has 2 rings (SSSR count). The molecule has 1 aromatic rings. The van der Waals surface area contributed by atoms with Crippen LogP contribution in [0.3, 0.4) is 0 Å². The number of hydrogen-bond acceptors (Lipinski definition) is 4.